The van der Waals surface area contributed by atoms with Gasteiger partial charge in [-0.05, 0) is 37.0 Å². The molecule has 0 saturated heterocycles. The molecule has 1 N–H and O–H groups in total. The van der Waals surface area contributed by atoms with E-state index >= 15 is 0 Å². The van der Waals surface area contributed by atoms with Crippen molar-refractivity contribution in [3.8, 4) is 5.75 Å². The summed E-state index contributed by atoms with van der Waals surface area (Å²) in [4.78, 5) is 0.300. The van der Waals surface area contributed by atoms with Crippen LogP contribution in [0.5, 0.6) is 5.75 Å². The highest BCUT2D eigenvalue weighted by atomic mass is 32.2. The highest BCUT2D eigenvalue weighted by Gasteiger charge is 2.20. The third-order valence-electron chi connectivity index (χ3n) is 4.12. The van der Waals surface area contributed by atoms with Crippen molar-refractivity contribution in [1.29, 1.82) is 0 Å². The van der Waals surface area contributed by atoms with Crippen LogP contribution >= 0.6 is 0 Å². The Morgan fingerprint density at radius 1 is 1.29 bits per heavy atom. The minimum absolute atomic E-state index is 0.300. The van der Waals surface area contributed by atoms with Gasteiger partial charge in [0.25, 0.3) is 0 Å². The quantitative estimate of drug-likeness (QED) is 0.821. The summed E-state index contributed by atoms with van der Waals surface area (Å²) in [6.07, 6.45) is 6.39. The van der Waals surface area contributed by atoms with Crippen LogP contribution in [0.1, 0.15) is 32.6 Å². The van der Waals surface area contributed by atoms with Gasteiger partial charge in [-0.1, -0.05) is 25.8 Å². The lowest BCUT2D eigenvalue weighted by molar-refractivity contribution is 0.251. The van der Waals surface area contributed by atoms with Crippen molar-refractivity contribution in [2.24, 2.45) is 5.92 Å². The van der Waals surface area contributed by atoms with E-state index in [2.05, 4.69) is 12.2 Å². The molecule has 2 rings (SSSR count). The van der Waals surface area contributed by atoms with Crippen LogP contribution in [-0.2, 0) is 9.84 Å². The summed E-state index contributed by atoms with van der Waals surface area (Å²) in [5.41, 5.74) is 0. The van der Waals surface area contributed by atoms with Crippen LogP contribution in [0.25, 0.3) is 0 Å². The van der Waals surface area contributed by atoms with E-state index in [4.69, 9.17) is 4.74 Å². The van der Waals surface area contributed by atoms with Gasteiger partial charge in [-0.15, -0.1) is 0 Å². The summed E-state index contributed by atoms with van der Waals surface area (Å²) < 4.78 is 28.6. The molecule has 1 aliphatic rings. The van der Waals surface area contributed by atoms with Crippen molar-refractivity contribution in [2.75, 3.05) is 19.4 Å². The van der Waals surface area contributed by atoms with Gasteiger partial charge >= 0.3 is 0 Å². The molecule has 0 radical (unpaired) electrons. The molecule has 5 heteroatoms. The molecular weight excluding hydrogens is 286 g/mol. The second-order valence-corrected chi connectivity index (χ2v) is 7.93. The molecule has 2 unspecified atom stereocenters. The fraction of sp³-hybridized carbons (Fsp3) is 0.625. The third kappa shape index (κ3) is 5.00. The molecule has 0 spiro atoms. The van der Waals surface area contributed by atoms with Gasteiger partial charge < -0.3 is 10.1 Å². The minimum Gasteiger partial charge on any atom is -0.492 e. The summed E-state index contributed by atoms with van der Waals surface area (Å²) in [7, 11) is -3.18. The van der Waals surface area contributed by atoms with Gasteiger partial charge in [0.15, 0.2) is 9.84 Å². The van der Waals surface area contributed by atoms with Crippen molar-refractivity contribution in [2.45, 2.75) is 43.5 Å². The van der Waals surface area contributed by atoms with Crippen LogP contribution in [0.3, 0.4) is 0 Å². The molecule has 21 heavy (non-hydrogen) atoms. The largest absolute Gasteiger partial charge is 0.492 e. The summed E-state index contributed by atoms with van der Waals surface area (Å²) in [5, 5.41) is 3.54. The maximum absolute atomic E-state index is 11.5. The number of nitrogens with one attached hydrogen (secondary N) is 1. The first-order chi connectivity index (χ1) is 9.97. The predicted octanol–water partition coefficient (Wildman–Crippen LogP) is 2.64. The normalized spacial score (nSPS) is 23.0. The summed E-state index contributed by atoms with van der Waals surface area (Å²) >= 11 is 0. The molecule has 118 valence electrons. The molecule has 0 bridgehead atoms. The van der Waals surface area contributed by atoms with Gasteiger partial charge in [0.2, 0.25) is 0 Å². The van der Waals surface area contributed by atoms with Gasteiger partial charge in [0.05, 0.1) is 4.90 Å². The minimum atomic E-state index is -3.18. The maximum Gasteiger partial charge on any atom is 0.175 e. The molecule has 0 aliphatic heterocycles. The Balaban J connectivity index is 1.78. The predicted molar refractivity (Wildman–Crippen MR) is 84.5 cm³/mol. The van der Waals surface area contributed by atoms with Crippen molar-refractivity contribution in [3.63, 3.8) is 0 Å². The Bertz CT molecular complexity index is 556. The molecule has 1 aromatic carbocycles. The fourth-order valence-corrected chi connectivity index (χ4v) is 3.48. The highest BCUT2D eigenvalue weighted by Crippen LogP contribution is 2.23. The zero-order valence-corrected chi connectivity index (χ0v) is 13.7. The fourth-order valence-electron chi connectivity index (χ4n) is 2.83. The van der Waals surface area contributed by atoms with Gasteiger partial charge in [-0.3, -0.25) is 0 Å². The van der Waals surface area contributed by atoms with Crippen LogP contribution in [0.15, 0.2) is 29.2 Å². The molecule has 0 amide bonds. The Labute approximate surface area is 127 Å². The van der Waals surface area contributed by atoms with E-state index in [1.165, 1.54) is 31.9 Å². The zero-order chi connectivity index (χ0) is 15.3. The second-order valence-electron chi connectivity index (χ2n) is 5.92. The van der Waals surface area contributed by atoms with E-state index in [0.717, 1.165) is 12.5 Å². The Kier molecular flexibility index (Phi) is 5.65. The lowest BCUT2D eigenvalue weighted by atomic mass is 9.86. The molecule has 0 aromatic heterocycles. The zero-order valence-electron chi connectivity index (χ0n) is 12.8. The van der Waals surface area contributed by atoms with E-state index in [-0.39, 0.29) is 0 Å². The summed E-state index contributed by atoms with van der Waals surface area (Å²) in [5.74, 6) is 1.34. The second kappa shape index (κ2) is 7.27. The molecule has 1 aliphatic carbocycles. The standard InChI is InChI=1S/C16H25NO3S/c1-13-6-3-4-9-16(13)17-10-11-20-14-7-5-8-15(12-14)21(2,18)19/h5,7-8,12-13,16-17H,3-4,6,9-11H2,1-2H3. The van der Waals surface area contributed by atoms with E-state index in [1.807, 2.05) is 0 Å². The summed E-state index contributed by atoms with van der Waals surface area (Å²) in [6, 6.07) is 7.26. The third-order valence-corrected chi connectivity index (χ3v) is 5.23. The van der Waals surface area contributed by atoms with Crippen molar-refractivity contribution >= 4 is 9.84 Å². The number of hydrogen-bond donors (Lipinski definition) is 1. The monoisotopic (exact) mass is 311 g/mol. The number of benzene rings is 1. The molecule has 1 aromatic rings. The molecular formula is C16H25NO3S. The van der Waals surface area contributed by atoms with E-state index < -0.39 is 9.84 Å². The van der Waals surface area contributed by atoms with Crippen LogP contribution < -0.4 is 10.1 Å². The topological polar surface area (TPSA) is 55.4 Å². The highest BCUT2D eigenvalue weighted by molar-refractivity contribution is 7.90. The van der Waals surface area contributed by atoms with Gasteiger partial charge in [-0.2, -0.15) is 0 Å². The van der Waals surface area contributed by atoms with E-state index in [0.29, 0.717) is 23.3 Å². The first-order valence-corrected chi connectivity index (χ1v) is 9.52. The van der Waals surface area contributed by atoms with Crippen molar-refractivity contribution in [3.05, 3.63) is 24.3 Å². The maximum atomic E-state index is 11.5. The smallest absolute Gasteiger partial charge is 0.175 e. The van der Waals surface area contributed by atoms with Crippen molar-refractivity contribution < 1.29 is 13.2 Å². The van der Waals surface area contributed by atoms with Crippen molar-refractivity contribution in [1.82, 2.24) is 5.32 Å². The average Bonchev–Trinajstić information content (AvgIpc) is 2.45. The summed E-state index contributed by atoms with van der Waals surface area (Å²) in [6.45, 7) is 3.64. The van der Waals surface area contributed by atoms with E-state index in [9.17, 15) is 8.42 Å². The van der Waals surface area contributed by atoms with Gasteiger partial charge in [-0.25, -0.2) is 8.42 Å². The molecule has 0 heterocycles. The Morgan fingerprint density at radius 3 is 2.76 bits per heavy atom. The van der Waals surface area contributed by atoms with Crippen LogP contribution in [0.4, 0.5) is 0 Å². The first kappa shape index (κ1) is 16.3. The van der Waals surface area contributed by atoms with Gasteiger partial charge in [0.1, 0.15) is 12.4 Å². The van der Waals surface area contributed by atoms with Crippen LogP contribution in [-0.4, -0.2) is 33.9 Å². The SMILES string of the molecule is CC1CCCCC1NCCOc1cccc(S(C)(=O)=O)c1. The van der Waals surface area contributed by atoms with Gasteiger partial charge in [0, 0.05) is 18.8 Å². The number of sulfone groups is 1. The van der Waals surface area contributed by atoms with Crippen LogP contribution in [0.2, 0.25) is 0 Å². The molecule has 1 saturated carbocycles. The van der Waals surface area contributed by atoms with Crippen LogP contribution in [0, 0.1) is 5.92 Å². The Morgan fingerprint density at radius 2 is 2.05 bits per heavy atom. The molecule has 4 nitrogen and oxygen atoms in total. The molecule has 2 atom stereocenters. The number of ether oxygens (including phenoxy) is 1. The lowest BCUT2D eigenvalue weighted by Gasteiger charge is -2.29. The number of hydrogen-bond acceptors (Lipinski definition) is 4. The average molecular weight is 311 g/mol. The first-order valence-electron chi connectivity index (χ1n) is 7.63. The Hall–Kier alpha value is -1.07. The molecule has 1 fully saturated rings. The lowest BCUT2D eigenvalue weighted by Crippen LogP contribution is -2.39. The number of rotatable bonds is 6. The van der Waals surface area contributed by atoms with E-state index in [1.54, 1.807) is 24.3 Å².